The van der Waals surface area contributed by atoms with Crippen molar-refractivity contribution in [3.63, 3.8) is 0 Å². The van der Waals surface area contributed by atoms with Crippen LogP contribution in [0.3, 0.4) is 0 Å². The number of hydrogen-bond acceptors (Lipinski definition) is 4. The maximum absolute atomic E-state index is 10.8. The van der Waals surface area contributed by atoms with Crippen LogP contribution in [0.5, 0.6) is 0 Å². The second-order valence-electron chi connectivity index (χ2n) is 5.05. The van der Waals surface area contributed by atoms with Crippen LogP contribution in [0.2, 0.25) is 0 Å². The van der Waals surface area contributed by atoms with Gasteiger partial charge in [0.05, 0.1) is 16.8 Å². The van der Waals surface area contributed by atoms with Gasteiger partial charge in [0.25, 0.3) is 5.69 Å². The van der Waals surface area contributed by atoms with Crippen LogP contribution in [0.25, 0.3) is 11.3 Å². The van der Waals surface area contributed by atoms with Gasteiger partial charge >= 0.3 is 0 Å². The molecule has 0 amide bonds. The second kappa shape index (κ2) is 5.42. The number of imidazole rings is 1. The minimum Gasteiger partial charge on any atom is -0.342 e. The number of hydrogen-bond donors (Lipinski definition) is 2. The third-order valence-corrected chi connectivity index (χ3v) is 3.60. The quantitative estimate of drug-likeness (QED) is 0.660. The number of H-pyrrole nitrogens is 1. The average molecular weight is 272 g/mol. The fourth-order valence-electron chi connectivity index (χ4n) is 2.56. The van der Waals surface area contributed by atoms with E-state index in [4.69, 9.17) is 0 Å². The van der Waals surface area contributed by atoms with Crippen LogP contribution in [0.4, 0.5) is 5.69 Å². The summed E-state index contributed by atoms with van der Waals surface area (Å²) >= 11 is 0. The third-order valence-electron chi connectivity index (χ3n) is 3.60. The molecule has 2 heterocycles. The summed E-state index contributed by atoms with van der Waals surface area (Å²) in [7, 11) is 0. The largest absolute Gasteiger partial charge is 0.342 e. The molecule has 1 aliphatic rings. The average Bonchev–Trinajstić information content (AvgIpc) is 3.11. The molecule has 0 bridgehead atoms. The molecule has 20 heavy (non-hydrogen) atoms. The van der Waals surface area contributed by atoms with E-state index in [1.54, 1.807) is 18.3 Å². The number of nitro benzene ring substituents is 1. The van der Waals surface area contributed by atoms with Crippen LogP contribution in [0, 0.1) is 10.1 Å². The third kappa shape index (κ3) is 2.70. The Balaban J connectivity index is 1.78. The Kier molecular flexibility index (Phi) is 3.47. The summed E-state index contributed by atoms with van der Waals surface area (Å²) in [4.78, 5) is 18.0. The van der Waals surface area contributed by atoms with Crippen LogP contribution >= 0.6 is 0 Å². The number of non-ortho nitro benzene ring substituents is 1. The minimum absolute atomic E-state index is 0.0936. The molecule has 6 heteroatoms. The Labute approximate surface area is 116 Å². The highest BCUT2D eigenvalue weighted by Crippen LogP contribution is 2.22. The van der Waals surface area contributed by atoms with Crippen molar-refractivity contribution in [3.8, 4) is 11.3 Å². The molecule has 0 spiro atoms. The summed E-state index contributed by atoms with van der Waals surface area (Å²) in [5.41, 5.74) is 1.70. The zero-order valence-corrected chi connectivity index (χ0v) is 11.0. The summed E-state index contributed by atoms with van der Waals surface area (Å²) in [5.74, 6) is 0.922. The van der Waals surface area contributed by atoms with Gasteiger partial charge < -0.3 is 10.3 Å². The molecule has 1 fully saturated rings. The molecule has 0 aliphatic carbocycles. The van der Waals surface area contributed by atoms with Crippen molar-refractivity contribution in [3.05, 3.63) is 46.4 Å². The van der Waals surface area contributed by atoms with Gasteiger partial charge in [-0.2, -0.15) is 0 Å². The molecular weight excluding hydrogens is 256 g/mol. The van der Waals surface area contributed by atoms with Gasteiger partial charge in [-0.05, 0) is 19.4 Å². The van der Waals surface area contributed by atoms with Crippen LogP contribution in [0.1, 0.15) is 18.7 Å². The first kappa shape index (κ1) is 12.8. The van der Waals surface area contributed by atoms with E-state index < -0.39 is 0 Å². The van der Waals surface area contributed by atoms with E-state index in [0.29, 0.717) is 6.04 Å². The van der Waals surface area contributed by atoms with E-state index in [1.165, 1.54) is 18.9 Å². The fourth-order valence-corrected chi connectivity index (χ4v) is 2.56. The predicted octanol–water partition coefficient (Wildman–Crippen LogP) is 2.28. The van der Waals surface area contributed by atoms with E-state index in [-0.39, 0.29) is 10.6 Å². The predicted molar refractivity (Wildman–Crippen MR) is 75.4 cm³/mol. The first-order valence-corrected chi connectivity index (χ1v) is 6.74. The number of nitro groups is 1. The summed E-state index contributed by atoms with van der Waals surface area (Å²) in [6.45, 7) is 1.07. The maximum atomic E-state index is 10.8. The smallest absolute Gasteiger partial charge is 0.270 e. The number of nitrogens with one attached hydrogen (secondary N) is 2. The molecule has 1 aromatic heterocycles. The molecular formula is C14H16N4O2. The van der Waals surface area contributed by atoms with E-state index in [0.717, 1.165) is 30.0 Å². The van der Waals surface area contributed by atoms with Crippen LogP contribution in [-0.4, -0.2) is 27.5 Å². The lowest BCUT2D eigenvalue weighted by molar-refractivity contribution is -0.384. The van der Waals surface area contributed by atoms with E-state index >= 15 is 0 Å². The van der Waals surface area contributed by atoms with Crippen molar-refractivity contribution in [2.24, 2.45) is 0 Å². The van der Waals surface area contributed by atoms with Gasteiger partial charge in [0.2, 0.25) is 0 Å². The lowest BCUT2D eigenvalue weighted by atomic mass is 10.1. The Morgan fingerprint density at radius 3 is 3.10 bits per heavy atom. The van der Waals surface area contributed by atoms with Gasteiger partial charge in [-0.1, -0.05) is 12.1 Å². The first-order chi connectivity index (χ1) is 9.72. The second-order valence-corrected chi connectivity index (χ2v) is 5.05. The molecule has 0 radical (unpaired) electrons. The van der Waals surface area contributed by atoms with Gasteiger partial charge in [0.15, 0.2) is 0 Å². The lowest BCUT2D eigenvalue weighted by Crippen LogP contribution is -2.24. The lowest BCUT2D eigenvalue weighted by Gasteiger charge is -2.06. The van der Waals surface area contributed by atoms with Crippen molar-refractivity contribution in [1.29, 1.82) is 0 Å². The van der Waals surface area contributed by atoms with Crippen molar-refractivity contribution in [2.75, 3.05) is 6.54 Å². The van der Waals surface area contributed by atoms with Crippen molar-refractivity contribution < 1.29 is 4.92 Å². The Morgan fingerprint density at radius 1 is 1.45 bits per heavy atom. The molecule has 1 atom stereocenters. The van der Waals surface area contributed by atoms with Crippen molar-refractivity contribution >= 4 is 5.69 Å². The van der Waals surface area contributed by atoms with Crippen molar-refractivity contribution in [2.45, 2.75) is 25.3 Å². The molecule has 2 N–H and O–H groups in total. The molecule has 104 valence electrons. The highest BCUT2D eigenvalue weighted by molar-refractivity contribution is 5.61. The van der Waals surface area contributed by atoms with Gasteiger partial charge in [-0.15, -0.1) is 0 Å². The van der Waals surface area contributed by atoms with Gasteiger partial charge in [0.1, 0.15) is 5.82 Å². The standard InChI is InChI=1S/C14H16N4O2/c19-18(20)12-5-1-3-10(7-12)13-9-16-14(17-13)8-11-4-2-6-15-11/h1,3,5,7,9,11,15H,2,4,6,8H2,(H,16,17). The molecule has 1 saturated heterocycles. The van der Waals surface area contributed by atoms with Gasteiger partial charge in [0, 0.05) is 30.2 Å². The molecule has 2 aromatic rings. The number of aromatic amines is 1. The Bertz CT molecular complexity index is 617. The molecule has 1 aliphatic heterocycles. The molecule has 3 rings (SSSR count). The van der Waals surface area contributed by atoms with Crippen LogP contribution < -0.4 is 5.32 Å². The normalized spacial score (nSPS) is 18.3. The number of rotatable bonds is 4. The minimum atomic E-state index is -0.386. The number of nitrogens with zero attached hydrogens (tertiary/aromatic N) is 2. The summed E-state index contributed by atoms with van der Waals surface area (Å²) in [6, 6.07) is 7.07. The zero-order chi connectivity index (χ0) is 13.9. The maximum Gasteiger partial charge on any atom is 0.270 e. The van der Waals surface area contributed by atoms with Gasteiger partial charge in [-0.3, -0.25) is 10.1 Å². The molecule has 1 unspecified atom stereocenters. The summed E-state index contributed by atoms with van der Waals surface area (Å²) in [6.07, 6.45) is 4.99. The highest BCUT2D eigenvalue weighted by atomic mass is 16.6. The molecule has 6 nitrogen and oxygen atoms in total. The topological polar surface area (TPSA) is 83.8 Å². The van der Waals surface area contributed by atoms with E-state index in [1.807, 2.05) is 6.07 Å². The van der Waals surface area contributed by atoms with E-state index in [2.05, 4.69) is 15.3 Å². The first-order valence-electron chi connectivity index (χ1n) is 6.74. The van der Waals surface area contributed by atoms with Crippen LogP contribution in [-0.2, 0) is 6.42 Å². The van der Waals surface area contributed by atoms with Gasteiger partial charge in [-0.25, -0.2) is 4.98 Å². The summed E-state index contributed by atoms with van der Waals surface area (Å²) < 4.78 is 0. The zero-order valence-electron chi connectivity index (χ0n) is 11.0. The number of benzene rings is 1. The SMILES string of the molecule is O=[N+]([O-])c1cccc(-c2cnc(CC3CCCN3)[nH]2)c1. The Morgan fingerprint density at radius 2 is 2.35 bits per heavy atom. The van der Waals surface area contributed by atoms with E-state index in [9.17, 15) is 10.1 Å². The van der Waals surface area contributed by atoms with Crippen LogP contribution in [0.15, 0.2) is 30.5 Å². The highest BCUT2D eigenvalue weighted by Gasteiger charge is 2.16. The summed E-state index contributed by atoms with van der Waals surface area (Å²) in [5, 5.41) is 14.2. The molecule has 0 saturated carbocycles. The fraction of sp³-hybridized carbons (Fsp3) is 0.357. The van der Waals surface area contributed by atoms with Crippen molar-refractivity contribution in [1.82, 2.24) is 15.3 Å². The Hall–Kier alpha value is -2.21. The monoisotopic (exact) mass is 272 g/mol. The number of aromatic nitrogens is 2. The molecule has 1 aromatic carbocycles.